The van der Waals surface area contributed by atoms with Crippen molar-refractivity contribution < 1.29 is 4.79 Å². The average molecular weight is 387 g/mol. The predicted octanol–water partition coefficient (Wildman–Crippen LogP) is 5.40. The lowest BCUT2D eigenvalue weighted by Crippen LogP contribution is -2.39. The van der Waals surface area contributed by atoms with Gasteiger partial charge in [-0.1, -0.05) is 50.8 Å². The summed E-state index contributed by atoms with van der Waals surface area (Å²) in [5.41, 5.74) is 2.17. The van der Waals surface area contributed by atoms with Crippen molar-refractivity contribution >= 4 is 29.1 Å². The van der Waals surface area contributed by atoms with Crippen molar-refractivity contribution in [1.29, 1.82) is 0 Å². The monoisotopic (exact) mass is 386 g/mol. The average Bonchev–Trinajstić information content (AvgIpc) is 2.67. The minimum absolute atomic E-state index is 0.0138. The predicted molar refractivity (Wildman–Crippen MR) is 110 cm³/mol. The number of anilines is 2. The van der Waals surface area contributed by atoms with Crippen LogP contribution in [0.25, 0.3) is 0 Å². The molecule has 1 saturated carbocycles. The Morgan fingerprint density at radius 2 is 2.00 bits per heavy atom. The van der Waals surface area contributed by atoms with Crippen LogP contribution in [-0.4, -0.2) is 33.9 Å². The lowest BCUT2D eigenvalue weighted by atomic mass is 9.94. The van der Waals surface area contributed by atoms with Gasteiger partial charge in [0.25, 0.3) is 5.91 Å². The van der Waals surface area contributed by atoms with Crippen molar-refractivity contribution in [2.24, 2.45) is 0 Å². The molecular weight excluding hydrogens is 360 g/mol. The lowest BCUT2D eigenvalue weighted by molar-refractivity contribution is 0.0693. The molecule has 1 amide bonds. The van der Waals surface area contributed by atoms with Gasteiger partial charge in [0.1, 0.15) is 0 Å². The number of nitrogens with one attached hydrogen (secondary N) is 1. The Balaban J connectivity index is 1.83. The molecule has 1 aromatic carbocycles. The van der Waals surface area contributed by atoms with Gasteiger partial charge in [-0.15, -0.1) is 0 Å². The number of hydrogen-bond acceptors (Lipinski definition) is 4. The van der Waals surface area contributed by atoms with Gasteiger partial charge in [-0.25, -0.2) is 9.97 Å². The Morgan fingerprint density at radius 1 is 1.26 bits per heavy atom. The maximum atomic E-state index is 13.1. The molecule has 5 nitrogen and oxygen atoms in total. The van der Waals surface area contributed by atoms with Gasteiger partial charge < -0.3 is 10.2 Å². The Labute approximate surface area is 166 Å². The van der Waals surface area contributed by atoms with E-state index in [0.29, 0.717) is 22.6 Å². The first-order valence-corrected chi connectivity index (χ1v) is 10.00. The zero-order chi connectivity index (χ0) is 19.4. The summed E-state index contributed by atoms with van der Waals surface area (Å²) in [6.45, 7) is 4.09. The van der Waals surface area contributed by atoms with Crippen LogP contribution in [0.4, 0.5) is 11.6 Å². The summed E-state index contributed by atoms with van der Waals surface area (Å²) in [7, 11) is 1.90. The van der Waals surface area contributed by atoms with Gasteiger partial charge in [-0.05, 0) is 37.0 Å². The Bertz CT molecular complexity index is 803. The Kier molecular flexibility index (Phi) is 6.32. The minimum atomic E-state index is 0.0138. The van der Waals surface area contributed by atoms with Crippen LogP contribution < -0.4 is 5.32 Å². The smallest absolute Gasteiger partial charge is 0.257 e. The van der Waals surface area contributed by atoms with E-state index in [4.69, 9.17) is 11.6 Å². The standard InChI is InChI=1S/C21H27ClN4O/c1-14(2)19-18(20(27)26(3)17-10-5-4-6-11-17)13-23-21(25-19)24-16-9-7-8-15(22)12-16/h7-9,12-14,17H,4-6,10-11H2,1-3H3,(H,23,24,25). The molecule has 0 spiro atoms. The topological polar surface area (TPSA) is 58.1 Å². The molecule has 0 saturated heterocycles. The molecule has 0 bridgehead atoms. The van der Waals surface area contributed by atoms with Crippen molar-refractivity contribution in [2.45, 2.75) is 57.9 Å². The minimum Gasteiger partial charge on any atom is -0.339 e. The zero-order valence-corrected chi connectivity index (χ0v) is 17.0. The van der Waals surface area contributed by atoms with Crippen LogP contribution >= 0.6 is 11.6 Å². The first-order valence-electron chi connectivity index (χ1n) is 9.62. The number of hydrogen-bond donors (Lipinski definition) is 1. The van der Waals surface area contributed by atoms with E-state index in [1.807, 2.05) is 50.1 Å². The number of carbonyl (C=O) groups excluding carboxylic acids is 1. The summed E-state index contributed by atoms with van der Waals surface area (Å²) in [4.78, 5) is 24.0. The molecule has 0 atom stereocenters. The highest BCUT2D eigenvalue weighted by molar-refractivity contribution is 6.30. The fourth-order valence-electron chi connectivity index (χ4n) is 3.58. The molecule has 1 aromatic heterocycles. The first-order chi connectivity index (χ1) is 13.0. The number of benzene rings is 1. The van der Waals surface area contributed by atoms with Crippen LogP contribution in [0, 0.1) is 0 Å². The van der Waals surface area contributed by atoms with E-state index in [2.05, 4.69) is 15.3 Å². The summed E-state index contributed by atoms with van der Waals surface area (Å²) < 4.78 is 0. The van der Waals surface area contributed by atoms with Crippen LogP contribution in [0.5, 0.6) is 0 Å². The second-order valence-corrected chi connectivity index (χ2v) is 7.93. The second-order valence-electron chi connectivity index (χ2n) is 7.49. The summed E-state index contributed by atoms with van der Waals surface area (Å²) in [5.74, 6) is 0.601. The van der Waals surface area contributed by atoms with Crippen LogP contribution in [-0.2, 0) is 0 Å². The highest BCUT2D eigenvalue weighted by Crippen LogP contribution is 2.26. The quantitative estimate of drug-likeness (QED) is 0.747. The molecule has 1 aliphatic carbocycles. The van der Waals surface area contributed by atoms with E-state index in [0.717, 1.165) is 24.2 Å². The summed E-state index contributed by atoms with van der Waals surface area (Å²) in [5, 5.41) is 3.81. The zero-order valence-electron chi connectivity index (χ0n) is 16.2. The number of halogens is 1. The molecule has 144 valence electrons. The van der Waals surface area contributed by atoms with Crippen LogP contribution in [0.2, 0.25) is 5.02 Å². The molecule has 0 radical (unpaired) electrons. The van der Waals surface area contributed by atoms with Crippen LogP contribution in [0.1, 0.15) is 67.9 Å². The normalized spacial score (nSPS) is 15.0. The summed E-state index contributed by atoms with van der Waals surface area (Å²) in [6, 6.07) is 7.72. The van der Waals surface area contributed by atoms with Gasteiger partial charge in [0.05, 0.1) is 11.3 Å². The fourth-order valence-corrected chi connectivity index (χ4v) is 3.77. The maximum Gasteiger partial charge on any atom is 0.257 e. The van der Waals surface area contributed by atoms with E-state index in [-0.39, 0.29) is 11.8 Å². The van der Waals surface area contributed by atoms with E-state index >= 15 is 0 Å². The molecule has 6 heteroatoms. The van der Waals surface area contributed by atoms with Gasteiger partial charge in [-0.3, -0.25) is 4.79 Å². The van der Waals surface area contributed by atoms with Gasteiger partial charge in [0.2, 0.25) is 5.95 Å². The molecule has 0 aliphatic heterocycles. The van der Waals surface area contributed by atoms with Crippen molar-refractivity contribution in [3.63, 3.8) is 0 Å². The van der Waals surface area contributed by atoms with Crippen molar-refractivity contribution in [3.8, 4) is 0 Å². The Morgan fingerprint density at radius 3 is 2.67 bits per heavy atom. The third-order valence-corrected chi connectivity index (χ3v) is 5.35. The van der Waals surface area contributed by atoms with E-state index < -0.39 is 0 Å². The second kappa shape index (κ2) is 8.70. The molecular formula is C21H27ClN4O. The SMILES string of the molecule is CC(C)c1nc(Nc2cccc(Cl)c2)ncc1C(=O)N(C)C1CCCCC1. The molecule has 1 N–H and O–H groups in total. The number of carbonyl (C=O) groups is 1. The Hall–Kier alpha value is -2.14. The molecule has 1 aliphatic rings. The first kappa shape index (κ1) is 19.6. The van der Waals surface area contributed by atoms with Gasteiger partial charge in [-0.2, -0.15) is 0 Å². The fraction of sp³-hybridized carbons (Fsp3) is 0.476. The lowest BCUT2D eigenvalue weighted by Gasteiger charge is -2.31. The van der Waals surface area contributed by atoms with E-state index in [1.54, 1.807) is 6.20 Å². The molecule has 1 heterocycles. The number of aromatic nitrogens is 2. The highest BCUT2D eigenvalue weighted by Gasteiger charge is 2.26. The molecule has 1 fully saturated rings. The van der Waals surface area contributed by atoms with E-state index in [1.165, 1.54) is 19.3 Å². The third-order valence-electron chi connectivity index (χ3n) is 5.12. The van der Waals surface area contributed by atoms with Gasteiger partial charge >= 0.3 is 0 Å². The molecule has 2 aromatic rings. The van der Waals surface area contributed by atoms with Crippen molar-refractivity contribution in [3.05, 3.63) is 46.7 Å². The largest absolute Gasteiger partial charge is 0.339 e. The molecule has 0 unspecified atom stereocenters. The summed E-state index contributed by atoms with van der Waals surface area (Å²) >= 11 is 6.04. The molecule has 27 heavy (non-hydrogen) atoms. The number of amides is 1. The maximum absolute atomic E-state index is 13.1. The van der Waals surface area contributed by atoms with Crippen LogP contribution in [0.15, 0.2) is 30.5 Å². The number of rotatable bonds is 5. The van der Waals surface area contributed by atoms with Gasteiger partial charge in [0.15, 0.2) is 0 Å². The van der Waals surface area contributed by atoms with Crippen molar-refractivity contribution in [1.82, 2.24) is 14.9 Å². The van der Waals surface area contributed by atoms with E-state index in [9.17, 15) is 4.79 Å². The number of nitrogens with zero attached hydrogens (tertiary/aromatic N) is 3. The third kappa shape index (κ3) is 4.78. The van der Waals surface area contributed by atoms with Crippen molar-refractivity contribution in [2.75, 3.05) is 12.4 Å². The molecule has 3 rings (SSSR count). The van der Waals surface area contributed by atoms with Crippen LogP contribution in [0.3, 0.4) is 0 Å². The van der Waals surface area contributed by atoms with Gasteiger partial charge in [0, 0.05) is 30.0 Å². The summed E-state index contributed by atoms with van der Waals surface area (Å²) in [6.07, 6.45) is 7.46. The highest BCUT2D eigenvalue weighted by atomic mass is 35.5.